The van der Waals surface area contributed by atoms with Crippen molar-refractivity contribution in [1.29, 1.82) is 0 Å². The fourth-order valence-electron chi connectivity index (χ4n) is 2.02. The first-order chi connectivity index (χ1) is 10.2. The standard InChI is InChI=1S/C16H12FNO2S/c1-2-20-16(19)11-5-3-4-10(8-11)15-18-13-7-6-12(17)9-14(13)21-15/h3-9H,2H2,1H3. The minimum Gasteiger partial charge on any atom is -0.462 e. The Kier molecular flexibility index (Phi) is 3.66. The van der Waals surface area contributed by atoms with E-state index in [1.165, 1.54) is 23.5 Å². The molecule has 0 aliphatic carbocycles. The van der Waals surface area contributed by atoms with Gasteiger partial charge in [-0.25, -0.2) is 14.2 Å². The fourth-order valence-corrected chi connectivity index (χ4v) is 3.00. The van der Waals surface area contributed by atoms with Crippen LogP contribution in [0.5, 0.6) is 0 Å². The molecule has 5 heteroatoms. The molecule has 0 aliphatic rings. The van der Waals surface area contributed by atoms with E-state index >= 15 is 0 Å². The highest BCUT2D eigenvalue weighted by atomic mass is 32.1. The molecular formula is C16H12FNO2S. The summed E-state index contributed by atoms with van der Waals surface area (Å²) in [4.78, 5) is 16.2. The highest BCUT2D eigenvalue weighted by Gasteiger charge is 2.11. The summed E-state index contributed by atoms with van der Waals surface area (Å²) >= 11 is 1.40. The topological polar surface area (TPSA) is 39.2 Å². The molecule has 0 amide bonds. The van der Waals surface area contributed by atoms with E-state index in [2.05, 4.69) is 4.98 Å². The highest BCUT2D eigenvalue weighted by molar-refractivity contribution is 7.21. The van der Waals surface area contributed by atoms with E-state index in [-0.39, 0.29) is 11.8 Å². The Bertz CT molecular complexity index is 813. The molecule has 0 saturated carbocycles. The van der Waals surface area contributed by atoms with Crippen molar-refractivity contribution in [3.63, 3.8) is 0 Å². The summed E-state index contributed by atoms with van der Waals surface area (Å²) in [5.41, 5.74) is 2.06. The summed E-state index contributed by atoms with van der Waals surface area (Å²) in [5, 5.41) is 0.752. The average molecular weight is 301 g/mol. The summed E-state index contributed by atoms with van der Waals surface area (Å²) < 4.78 is 19.0. The predicted octanol–water partition coefficient (Wildman–Crippen LogP) is 4.28. The van der Waals surface area contributed by atoms with Crippen LogP contribution >= 0.6 is 11.3 Å². The van der Waals surface area contributed by atoms with Gasteiger partial charge in [-0.2, -0.15) is 0 Å². The van der Waals surface area contributed by atoms with Gasteiger partial charge in [0.05, 0.1) is 22.4 Å². The molecule has 1 heterocycles. The summed E-state index contributed by atoms with van der Waals surface area (Å²) in [7, 11) is 0. The number of esters is 1. The van der Waals surface area contributed by atoms with Crippen LogP contribution in [0.15, 0.2) is 42.5 Å². The molecule has 0 fully saturated rings. The Morgan fingerprint density at radius 1 is 1.29 bits per heavy atom. The number of thiazole rings is 1. The van der Waals surface area contributed by atoms with Gasteiger partial charge in [-0.15, -0.1) is 11.3 Å². The molecule has 2 aromatic carbocycles. The second kappa shape index (κ2) is 5.61. The molecule has 0 aliphatic heterocycles. The first-order valence-corrected chi connectivity index (χ1v) is 7.32. The number of hydrogen-bond acceptors (Lipinski definition) is 4. The molecule has 21 heavy (non-hydrogen) atoms. The number of hydrogen-bond donors (Lipinski definition) is 0. The summed E-state index contributed by atoms with van der Waals surface area (Å²) in [6.45, 7) is 2.10. The minimum absolute atomic E-state index is 0.280. The molecule has 0 saturated heterocycles. The number of aromatic nitrogens is 1. The van der Waals surface area contributed by atoms with Crippen molar-refractivity contribution in [2.45, 2.75) is 6.92 Å². The number of carbonyl (C=O) groups is 1. The number of halogens is 1. The number of benzene rings is 2. The maximum absolute atomic E-state index is 13.2. The summed E-state index contributed by atoms with van der Waals surface area (Å²) in [6, 6.07) is 11.6. The monoisotopic (exact) mass is 301 g/mol. The zero-order valence-electron chi connectivity index (χ0n) is 11.3. The van der Waals surface area contributed by atoms with Gasteiger partial charge in [0.2, 0.25) is 0 Å². The fraction of sp³-hybridized carbons (Fsp3) is 0.125. The maximum Gasteiger partial charge on any atom is 0.338 e. The molecule has 1 aromatic heterocycles. The zero-order valence-corrected chi connectivity index (χ0v) is 12.1. The lowest BCUT2D eigenvalue weighted by atomic mass is 10.1. The number of carbonyl (C=O) groups excluding carboxylic acids is 1. The summed E-state index contributed by atoms with van der Waals surface area (Å²) in [5.74, 6) is -0.635. The van der Waals surface area contributed by atoms with Crippen LogP contribution in [-0.4, -0.2) is 17.6 Å². The van der Waals surface area contributed by atoms with Crippen molar-refractivity contribution in [2.75, 3.05) is 6.61 Å². The van der Waals surface area contributed by atoms with E-state index in [9.17, 15) is 9.18 Å². The molecule has 3 nitrogen and oxygen atoms in total. The van der Waals surface area contributed by atoms with Crippen molar-refractivity contribution in [2.24, 2.45) is 0 Å². The molecule has 0 bridgehead atoms. The van der Waals surface area contributed by atoms with Crippen LogP contribution in [0.25, 0.3) is 20.8 Å². The van der Waals surface area contributed by atoms with Crippen molar-refractivity contribution < 1.29 is 13.9 Å². The Morgan fingerprint density at radius 3 is 2.95 bits per heavy atom. The van der Waals surface area contributed by atoms with Crippen LogP contribution in [0.3, 0.4) is 0 Å². The van der Waals surface area contributed by atoms with Gasteiger partial charge in [0.25, 0.3) is 0 Å². The molecule has 0 radical (unpaired) electrons. The van der Waals surface area contributed by atoms with Gasteiger partial charge in [0.15, 0.2) is 0 Å². The largest absolute Gasteiger partial charge is 0.462 e. The van der Waals surface area contributed by atoms with Gasteiger partial charge in [0, 0.05) is 5.56 Å². The number of ether oxygens (including phenoxy) is 1. The number of nitrogens with zero attached hydrogens (tertiary/aromatic N) is 1. The van der Waals surface area contributed by atoms with Crippen LogP contribution in [0.1, 0.15) is 17.3 Å². The van der Waals surface area contributed by atoms with Gasteiger partial charge < -0.3 is 4.74 Å². The van der Waals surface area contributed by atoms with Crippen LogP contribution in [0, 0.1) is 5.82 Å². The molecule has 3 rings (SSSR count). The molecule has 0 unspecified atom stereocenters. The maximum atomic E-state index is 13.2. The van der Waals surface area contributed by atoms with Crippen molar-refractivity contribution in [3.05, 3.63) is 53.8 Å². The van der Waals surface area contributed by atoms with Gasteiger partial charge >= 0.3 is 5.97 Å². The quantitative estimate of drug-likeness (QED) is 0.678. The molecule has 0 N–H and O–H groups in total. The van der Waals surface area contributed by atoms with Crippen molar-refractivity contribution >= 4 is 27.5 Å². The Hall–Kier alpha value is -2.27. The normalized spacial score (nSPS) is 10.8. The minimum atomic E-state index is -0.355. The van der Waals surface area contributed by atoms with E-state index < -0.39 is 0 Å². The first-order valence-electron chi connectivity index (χ1n) is 6.51. The average Bonchev–Trinajstić information content (AvgIpc) is 2.90. The van der Waals surface area contributed by atoms with Crippen LogP contribution in [0.4, 0.5) is 4.39 Å². The molecule has 0 atom stereocenters. The number of rotatable bonds is 3. The Labute approximate surface area is 125 Å². The Balaban J connectivity index is 2.02. The van der Waals surface area contributed by atoms with Crippen molar-refractivity contribution in [3.8, 4) is 10.6 Å². The zero-order chi connectivity index (χ0) is 14.8. The van der Waals surface area contributed by atoms with E-state index in [1.54, 1.807) is 31.2 Å². The third kappa shape index (κ3) is 2.78. The second-order valence-electron chi connectivity index (χ2n) is 4.43. The Morgan fingerprint density at radius 2 is 2.14 bits per heavy atom. The van der Waals surface area contributed by atoms with Gasteiger partial charge in [-0.3, -0.25) is 0 Å². The third-order valence-electron chi connectivity index (χ3n) is 2.97. The highest BCUT2D eigenvalue weighted by Crippen LogP contribution is 2.31. The van der Waals surface area contributed by atoms with Crippen molar-refractivity contribution in [1.82, 2.24) is 4.98 Å². The van der Waals surface area contributed by atoms with Crippen LogP contribution in [-0.2, 0) is 4.74 Å². The van der Waals surface area contributed by atoms with Gasteiger partial charge in [-0.05, 0) is 37.3 Å². The molecule has 3 aromatic rings. The first kappa shape index (κ1) is 13.7. The molecule has 106 valence electrons. The summed E-state index contributed by atoms with van der Waals surface area (Å²) in [6.07, 6.45) is 0. The van der Waals surface area contributed by atoms with Gasteiger partial charge in [0.1, 0.15) is 10.8 Å². The van der Waals surface area contributed by atoms with E-state index in [0.29, 0.717) is 12.2 Å². The smallest absolute Gasteiger partial charge is 0.338 e. The predicted molar refractivity (Wildman–Crippen MR) is 81.0 cm³/mol. The van der Waals surface area contributed by atoms with E-state index in [4.69, 9.17) is 4.74 Å². The van der Waals surface area contributed by atoms with Crippen LogP contribution in [0.2, 0.25) is 0 Å². The lowest BCUT2D eigenvalue weighted by molar-refractivity contribution is 0.0526. The lowest BCUT2D eigenvalue weighted by Gasteiger charge is -2.02. The number of fused-ring (bicyclic) bond motifs is 1. The SMILES string of the molecule is CCOC(=O)c1cccc(-c2nc3ccc(F)cc3s2)c1. The molecule has 0 spiro atoms. The third-order valence-corrected chi connectivity index (χ3v) is 4.04. The van der Waals surface area contributed by atoms with E-state index in [1.807, 2.05) is 6.07 Å². The van der Waals surface area contributed by atoms with E-state index in [0.717, 1.165) is 20.8 Å². The molecular weight excluding hydrogens is 289 g/mol. The van der Waals surface area contributed by atoms with Crippen LogP contribution < -0.4 is 0 Å². The van der Waals surface area contributed by atoms with Gasteiger partial charge in [-0.1, -0.05) is 12.1 Å². The lowest BCUT2D eigenvalue weighted by Crippen LogP contribution is -2.04. The second-order valence-corrected chi connectivity index (χ2v) is 5.46.